The average Bonchev–Trinajstić information content (AvgIpc) is 3.88. The first-order valence-corrected chi connectivity index (χ1v) is 20.0. The molecule has 2 aliphatic carbocycles. The highest BCUT2D eigenvalue weighted by Crippen LogP contribution is 2.64. The van der Waals surface area contributed by atoms with Crippen LogP contribution in [0.25, 0.3) is 97.3 Å². The minimum absolute atomic E-state index is 0.540. The van der Waals surface area contributed by atoms with Gasteiger partial charge in [-0.25, -0.2) is 0 Å². The Morgan fingerprint density at radius 2 is 1.02 bits per heavy atom. The molecule has 3 heterocycles. The SMILES string of the molecule is c1ccc(-c2c3ccccc3c(-c3ccc4c(c3)C3(c5ccccc5-c5cc6sc7ccc8ncccc8c7c6cc53)c3cccnc3-4)c3ccccc23)cc1. The molecule has 0 bridgehead atoms. The summed E-state index contributed by atoms with van der Waals surface area (Å²) in [5, 5.41) is 8.82. The van der Waals surface area contributed by atoms with Gasteiger partial charge in [-0.1, -0.05) is 127 Å². The molecule has 1 spiro atoms. The van der Waals surface area contributed by atoms with E-state index in [0.29, 0.717) is 0 Å². The zero-order valence-electron chi connectivity index (χ0n) is 30.1. The quantitative estimate of drug-likeness (QED) is 0.166. The number of hydrogen-bond acceptors (Lipinski definition) is 3. The maximum Gasteiger partial charge on any atom is 0.0753 e. The Morgan fingerprint density at radius 3 is 1.82 bits per heavy atom. The van der Waals surface area contributed by atoms with Crippen LogP contribution in [0.2, 0.25) is 0 Å². The Labute approximate surface area is 327 Å². The van der Waals surface area contributed by atoms with Gasteiger partial charge >= 0.3 is 0 Å². The predicted molar refractivity (Wildman–Crippen MR) is 235 cm³/mol. The molecular weight excluding hydrogens is 697 g/mol. The Kier molecular flexibility index (Phi) is 6.01. The van der Waals surface area contributed by atoms with E-state index in [0.717, 1.165) is 11.2 Å². The van der Waals surface area contributed by atoms with Gasteiger partial charge in [-0.05, 0) is 120 Å². The molecule has 0 amide bonds. The summed E-state index contributed by atoms with van der Waals surface area (Å²) in [6.07, 6.45) is 3.85. The lowest BCUT2D eigenvalue weighted by atomic mass is 9.70. The molecule has 56 heavy (non-hydrogen) atoms. The maximum atomic E-state index is 5.15. The summed E-state index contributed by atoms with van der Waals surface area (Å²) in [5.41, 5.74) is 15.5. The van der Waals surface area contributed by atoms with E-state index in [1.165, 1.54) is 108 Å². The van der Waals surface area contributed by atoms with Gasteiger partial charge in [0.1, 0.15) is 0 Å². The van der Waals surface area contributed by atoms with Crippen molar-refractivity contribution in [1.29, 1.82) is 0 Å². The van der Waals surface area contributed by atoms with Crippen molar-refractivity contribution in [1.82, 2.24) is 9.97 Å². The van der Waals surface area contributed by atoms with E-state index in [1.54, 1.807) is 0 Å². The van der Waals surface area contributed by atoms with Gasteiger partial charge in [-0.3, -0.25) is 9.97 Å². The van der Waals surface area contributed by atoms with Gasteiger partial charge in [-0.2, -0.15) is 0 Å². The topological polar surface area (TPSA) is 25.8 Å². The number of aromatic nitrogens is 2. The molecule has 2 nitrogen and oxygen atoms in total. The molecule has 1 unspecified atom stereocenters. The predicted octanol–water partition coefficient (Wildman–Crippen LogP) is 14.0. The van der Waals surface area contributed by atoms with Crippen LogP contribution in [-0.4, -0.2) is 9.97 Å². The highest BCUT2D eigenvalue weighted by Gasteiger charge is 2.52. The molecule has 258 valence electrons. The second-order valence-electron chi connectivity index (χ2n) is 15.2. The fourth-order valence-corrected chi connectivity index (χ4v) is 11.6. The maximum absolute atomic E-state index is 5.15. The fraction of sp³-hybridized carbons (Fsp3) is 0.0189. The molecule has 11 aromatic rings. The molecule has 3 heteroatoms. The van der Waals surface area contributed by atoms with Crippen molar-refractivity contribution in [3.8, 4) is 44.6 Å². The fourth-order valence-electron chi connectivity index (χ4n) is 10.4. The number of rotatable bonds is 2. The second-order valence-corrected chi connectivity index (χ2v) is 16.3. The molecule has 0 saturated carbocycles. The van der Waals surface area contributed by atoms with Crippen LogP contribution < -0.4 is 0 Å². The van der Waals surface area contributed by atoms with Gasteiger partial charge in [0.05, 0.1) is 16.6 Å². The van der Waals surface area contributed by atoms with Gasteiger partial charge in [0, 0.05) is 43.5 Å². The van der Waals surface area contributed by atoms with Crippen molar-refractivity contribution in [2.24, 2.45) is 0 Å². The van der Waals surface area contributed by atoms with Crippen molar-refractivity contribution in [3.05, 3.63) is 205 Å². The summed E-state index contributed by atoms with van der Waals surface area (Å²) in [6, 6.07) is 63.2. The zero-order chi connectivity index (χ0) is 36.5. The third kappa shape index (κ3) is 3.80. The van der Waals surface area contributed by atoms with Gasteiger partial charge in [-0.15, -0.1) is 11.3 Å². The van der Waals surface area contributed by atoms with Crippen molar-refractivity contribution < 1.29 is 0 Å². The Bertz CT molecular complexity index is 3430. The van der Waals surface area contributed by atoms with E-state index >= 15 is 0 Å². The standard InChI is InChI=1S/C53H30N2S/c1-2-12-31(13-3-1)49-34-15-4-6-17-36(34)50(37-18-7-5-16-35(37)49)32-22-23-38-44(28-32)53(43-21-11-27-55-52(38)43)42-20-9-8-14-33(42)40-30-48-41(29-45(40)53)51-39-19-10-26-54-46(39)24-25-47(51)56-48/h1-30H. The van der Waals surface area contributed by atoms with Crippen LogP contribution in [0.3, 0.4) is 0 Å². The van der Waals surface area contributed by atoms with E-state index in [1.807, 2.05) is 23.7 Å². The lowest BCUT2D eigenvalue weighted by Gasteiger charge is -2.30. The van der Waals surface area contributed by atoms with E-state index in [2.05, 4.69) is 170 Å². The molecular formula is C53H30N2S. The zero-order valence-corrected chi connectivity index (χ0v) is 30.9. The number of thiophene rings is 1. The molecule has 0 N–H and O–H groups in total. The smallest absolute Gasteiger partial charge is 0.0753 e. The van der Waals surface area contributed by atoms with Gasteiger partial charge in [0.15, 0.2) is 0 Å². The van der Waals surface area contributed by atoms with Crippen molar-refractivity contribution in [3.63, 3.8) is 0 Å². The number of nitrogens with zero attached hydrogens (tertiary/aromatic N) is 2. The minimum Gasteiger partial charge on any atom is -0.256 e. The normalized spacial score (nSPS) is 15.2. The van der Waals surface area contributed by atoms with Gasteiger partial charge in [0.2, 0.25) is 0 Å². The first-order valence-electron chi connectivity index (χ1n) is 19.2. The molecule has 8 aromatic carbocycles. The molecule has 1 atom stereocenters. The van der Waals surface area contributed by atoms with Gasteiger partial charge < -0.3 is 0 Å². The third-order valence-corrected chi connectivity index (χ3v) is 13.7. The Morgan fingerprint density at radius 1 is 0.375 bits per heavy atom. The van der Waals surface area contributed by atoms with E-state index < -0.39 is 5.41 Å². The van der Waals surface area contributed by atoms with E-state index in [4.69, 9.17) is 9.97 Å². The summed E-state index contributed by atoms with van der Waals surface area (Å²) >= 11 is 1.88. The summed E-state index contributed by atoms with van der Waals surface area (Å²) in [5.74, 6) is 0. The first-order chi connectivity index (χ1) is 27.8. The Balaban J connectivity index is 1.16. The number of fused-ring (bicyclic) bond motifs is 17. The second kappa shape index (κ2) is 11.1. The molecule has 0 radical (unpaired) electrons. The van der Waals surface area contributed by atoms with Crippen LogP contribution >= 0.6 is 11.3 Å². The number of pyridine rings is 2. The summed E-state index contributed by atoms with van der Waals surface area (Å²) in [4.78, 5) is 9.90. The molecule has 3 aromatic heterocycles. The molecule has 0 fully saturated rings. The first kappa shape index (κ1) is 30.4. The summed E-state index contributed by atoms with van der Waals surface area (Å²) < 4.78 is 2.59. The molecule has 0 saturated heterocycles. The van der Waals surface area contributed by atoms with Crippen LogP contribution in [0.1, 0.15) is 22.3 Å². The summed E-state index contributed by atoms with van der Waals surface area (Å²) in [7, 11) is 0. The lowest BCUT2D eigenvalue weighted by molar-refractivity contribution is 0.793. The monoisotopic (exact) mass is 726 g/mol. The van der Waals surface area contributed by atoms with Crippen LogP contribution in [0.5, 0.6) is 0 Å². The molecule has 13 rings (SSSR count). The molecule has 2 aliphatic rings. The van der Waals surface area contributed by atoms with Crippen LogP contribution in [-0.2, 0) is 5.41 Å². The molecule has 0 aliphatic heterocycles. The highest BCUT2D eigenvalue weighted by molar-refractivity contribution is 7.26. The van der Waals surface area contributed by atoms with Crippen LogP contribution in [0.15, 0.2) is 182 Å². The van der Waals surface area contributed by atoms with E-state index in [9.17, 15) is 0 Å². The highest BCUT2D eigenvalue weighted by atomic mass is 32.1. The van der Waals surface area contributed by atoms with Crippen LogP contribution in [0.4, 0.5) is 0 Å². The third-order valence-electron chi connectivity index (χ3n) is 12.6. The lowest BCUT2D eigenvalue weighted by Crippen LogP contribution is -2.26. The van der Waals surface area contributed by atoms with Crippen molar-refractivity contribution in [2.45, 2.75) is 5.41 Å². The van der Waals surface area contributed by atoms with Crippen molar-refractivity contribution in [2.75, 3.05) is 0 Å². The average molecular weight is 727 g/mol. The van der Waals surface area contributed by atoms with Crippen molar-refractivity contribution >= 4 is 64.0 Å². The number of benzene rings is 8. The Hall–Kier alpha value is -6.94. The minimum atomic E-state index is -0.540. The number of hydrogen-bond donors (Lipinski definition) is 0. The largest absolute Gasteiger partial charge is 0.256 e. The van der Waals surface area contributed by atoms with Crippen LogP contribution in [0, 0.1) is 0 Å². The van der Waals surface area contributed by atoms with E-state index in [-0.39, 0.29) is 0 Å². The van der Waals surface area contributed by atoms with Gasteiger partial charge in [0.25, 0.3) is 0 Å². The summed E-state index contributed by atoms with van der Waals surface area (Å²) in [6.45, 7) is 0.